The molecule has 0 bridgehead atoms. The van der Waals surface area contributed by atoms with Gasteiger partial charge < -0.3 is 14.7 Å². The topological polar surface area (TPSA) is 43.2 Å². The molecule has 4 aliphatic rings. The summed E-state index contributed by atoms with van der Waals surface area (Å²) in [4.78, 5) is 30.5. The van der Waals surface area contributed by atoms with Gasteiger partial charge in [0.1, 0.15) is 11.4 Å². The summed E-state index contributed by atoms with van der Waals surface area (Å²) in [6, 6.07) is 0. The maximum absolute atomic E-state index is 12.4. The van der Waals surface area contributed by atoms with Crippen LogP contribution in [-0.4, -0.2) is 88.6 Å². The molecule has 0 aromatic heterocycles. The van der Waals surface area contributed by atoms with Gasteiger partial charge in [-0.2, -0.15) is 0 Å². The van der Waals surface area contributed by atoms with E-state index in [2.05, 4.69) is 0 Å². The molecule has 3 aliphatic heterocycles. The van der Waals surface area contributed by atoms with Crippen molar-refractivity contribution in [3.8, 4) is 0 Å². The first-order chi connectivity index (χ1) is 8.25. The predicted molar refractivity (Wildman–Crippen MR) is 68.4 cm³/mol. The molecule has 5 nitrogen and oxygen atoms in total. The van der Waals surface area contributed by atoms with Crippen molar-refractivity contribution in [1.29, 1.82) is 0 Å². The van der Waals surface area contributed by atoms with Gasteiger partial charge in [-0.3, -0.25) is 9.59 Å². The summed E-state index contributed by atoms with van der Waals surface area (Å²) in [5.74, 6) is 0.0485. The van der Waals surface area contributed by atoms with E-state index in [1.807, 2.05) is 14.7 Å². The molecule has 0 unspecified atom stereocenters. The predicted octanol–water partition coefficient (Wildman–Crippen LogP) is -1.74. The van der Waals surface area contributed by atoms with Crippen LogP contribution in [0.1, 0.15) is 0 Å². The minimum Gasteiger partial charge on any atom is -0.365 e. The van der Waals surface area contributed by atoms with Crippen LogP contribution in [-0.2, 0) is 9.59 Å². The first-order valence-electron chi connectivity index (χ1n) is 6.05. The summed E-state index contributed by atoms with van der Waals surface area (Å²) in [5, 5.41) is 0. The van der Waals surface area contributed by atoms with Crippen molar-refractivity contribution in [3.63, 3.8) is 0 Å². The largest absolute Gasteiger partial charge is 0.365 e. The Morgan fingerprint density at radius 2 is 1.28 bits per heavy atom. The SMILES string of the molecule is O=C1C=C(N2CC2)C(=O)C(N2CC2)=C1N1CC1.[MgH2]. The fraction of sp³-hybridized carbons (Fsp3) is 0.500. The Bertz CT molecular complexity index is 499. The quantitative estimate of drug-likeness (QED) is 0.341. The third-order valence-electron chi connectivity index (χ3n) is 3.49. The molecular formula is C12H15MgN3O2. The average molecular weight is 258 g/mol. The van der Waals surface area contributed by atoms with E-state index >= 15 is 0 Å². The van der Waals surface area contributed by atoms with Crippen LogP contribution < -0.4 is 0 Å². The lowest BCUT2D eigenvalue weighted by molar-refractivity contribution is -0.117. The summed E-state index contributed by atoms with van der Waals surface area (Å²) in [6.07, 6.45) is 1.52. The summed E-state index contributed by atoms with van der Waals surface area (Å²) < 4.78 is 0. The van der Waals surface area contributed by atoms with Gasteiger partial charge in [0.25, 0.3) is 0 Å². The highest BCUT2D eigenvalue weighted by Crippen LogP contribution is 2.33. The zero-order valence-corrected chi connectivity index (χ0v) is 9.48. The number of nitrogens with zero attached hydrogens (tertiary/aromatic N) is 3. The minimum atomic E-state index is 0. The third kappa shape index (κ3) is 1.83. The van der Waals surface area contributed by atoms with Gasteiger partial charge in [-0.1, -0.05) is 0 Å². The van der Waals surface area contributed by atoms with Crippen LogP contribution >= 0.6 is 0 Å². The van der Waals surface area contributed by atoms with Crippen LogP contribution in [0.3, 0.4) is 0 Å². The van der Waals surface area contributed by atoms with E-state index in [0.717, 1.165) is 39.3 Å². The van der Waals surface area contributed by atoms with Crippen molar-refractivity contribution in [2.75, 3.05) is 39.3 Å². The van der Waals surface area contributed by atoms with E-state index in [4.69, 9.17) is 0 Å². The maximum Gasteiger partial charge on any atom is 0.316 e. The maximum atomic E-state index is 12.4. The van der Waals surface area contributed by atoms with Crippen LogP contribution in [0.25, 0.3) is 0 Å². The average Bonchev–Trinajstić information content (AvgIpc) is 3.13. The monoisotopic (exact) mass is 257 g/mol. The molecule has 4 rings (SSSR count). The molecule has 18 heavy (non-hydrogen) atoms. The highest BCUT2D eigenvalue weighted by Gasteiger charge is 2.43. The molecule has 3 saturated heterocycles. The third-order valence-corrected chi connectivity index (χ3v) is 3.49. The number of ketones is 2. The molecule has 92 valence electrons. The molecule has 0 aromatic rings. The number of hydrogen-bond acceptors (Lipinski definition) is 5. The van der Waals surface area contributed by atoms with Crippen LogP contribution in [0, 0.1) is 0 Å². The molecule has 0 N–H and O–H groups in total. The zero-order chi connectivity index (χ0) is 11.6. The Labute approximate surface area is 121 Å². The van der Waals surface area contributed by atoms with Crippen molar-refractivity contribution < 1.29 is 9.59 Å². The van der Waals surface area contributed by atoms with Crippen LogP contribution in [0.15, 0.2) is 23.2 Å². The summed E-state index contributed by atoms with van der Waals surface area (Å²) in [7, 11) is 0. The lowest BCUT2D eigenvalue weighted by atomic mass is 10.0. The Balaban J connectivity index is 0.000001000. The summed E-state index contributed by atoms with van der Waals surface area (Å²) >= 11 is 0. The van der Waals surface area contributed by atoms with E-state index in [1.165, 1.54) is 6.08 Å². The van der Waals surface area contributed by atoms with E-state index in [0.29, 0.717) is 17.1 Å². The molecule has 1 aliphatic carbocycles. The second kappa shape index (κ2) is 3.99. The van der Waals surface area contributed by atoms with Gasteiger partial charge in [0.2, 0.25) is 11.6 Å². The van der Waals surface area contributed by atoms with E-state index in [1.54, 1.807) is 0 Å². The van der Waals surface area contributed by atoms with Gasteiger partial charge in [0.15, 0.2) is 0 Å². The highest BCUT2D eigenvalue weighted by molar-refractivity contribution is 6.22. The molecular weight excluding hydrogens is 242 g/mol. The zero-order valence-electron chi connectivity index (χ0n) is 9.48. The molecule has 0 amide bonds. The van der Waals surface area contributed by atoms with Crippen molar-refractivity contribution in [2.24, 2.45) is 0 Å². The van der Waals surface area contributed by atoms with Crippen molar-refractivity contribution in [1.82, 2.24) is 14.7 Å². The number of Topliss-reactive ketones (excluding diaryl/α,β-unsaturated/α-hetero) is 1. The van der Waals surface area contributed by atoms with E-state index in [-0.39, 0.29) is 34.6 Å². The molecule has 0 atom stereocenters. The number of hydrogen-bond donors (Lipinski definition) is 0. The van der Waals surface area contributed by atoms with Crippen molar-refractivity contribution >= 4 is 34.6 Å². The summed E-state index contributed by atoms with van der Waals surface area (Å²) in [5.41, 5.74) is 1.89. The minimum absolute atomic E-state index is 0. The van der Waals surface area contributed by atoms with Crippen molar-refractivity contribution in [2.45, 2.75) is 0 Å². The Kier molecular flexibility index (Phi) is 2.67. The van der Waals surface area contributed by atoms with Crippen LogP contribution in [0.2, 0.25) is 0 Å². The molecule has 3 fully saturated rings. The van der Waals surface area contributed by atoms with E-state index in [9.17, 15) is 9.59 Å². The molecule has 0 saturated carbocycles. The van der Waals surface area contributed by atoms with Gasteiger partial charge in [-0.05, 0) is 0 Å². The van der Waals surface area contributed by atoms with Gasteiger partial charge in [-0.25, -0.2) is 0 Å². The molecule has 6 heteroatoms. The fourth-order valence-corrected chi connectivity index (χ4v) is 2.28. The smallest absolute Gasteiger partial charge is 0.316 e. The van der Waals surface area contributed by atoms with Crippen LogP contribution in [0.5, 0.6) is 0 Å². The lowest BCUT2D eigenvalue weighted by Gasteiger charge is -2.21. The molecule has 0 aromatic carbocycles. The number of carbonyl (C=O) groups excluding carboxylic acids is 2. The molecule has 0 spiro atoms. The number of carbonyl (C=O) groups is 2. The standard InChI is InChI=1S/C12H13N3O2.Mg.2H/c16-9-7-8(13-1-2-13)12(17)11(15-5-6-15)10(9)14-3-4-14;;;/h7H,1-6H2;;;. The van der Waals surface area contributed by atoms with Crippen LogP contribution in [0.4, 0.5) is 0 Å². The highest BCUT2D eigenvalue weighted by atomic mass is 24.3. The first kappa shape index (κ1) is 12.0. The van der Waals surface area contributed by atoms with Gasteiger partial charge in [-0.15, -0.1) is 0 Å². The normalized spacial score (nSPS) is 25.1. The van der Waals surface area contributed by atoms with Gasteiger partial charge in [0, 0.05) is 45.3 Å². The second-order valence-electron chi connectivity index (χ2n) is 4.88. The Morgan fingerprint density at radius 3 is 1.78 bits per heavy atom. The lowest BCUT2D eigenvalue weighted by Crippen LogP contribution is -2.29. The molecule has 0 radical (unpaired) electrons. The number of allylic oxidation sites excluding steroid dienone is 1. The van der Waals surface area contributed by atoms with E-state index < -0.39 is 0 Å². The fourth-order valence-electron chi connectivity index (χ4n) is 2.28. The first-order valence-corrected chi connectivity index (χ1v) is 6.05. The Hall–Kier alpha value is -1.01. The summed E-state index contributed by atoms with van der Waals surface area (Å²) in [6.45, 7) is 5.41. The van der Waals surface area contributed by atoms with Gasteiger partial charge in [0.05, 0.1) is 5.70 Å². The Morgan fingerprint density at radius 1 is 0.778 bits per heavy atom. The number of rotatable bonds is 3. The van der Waals surface area contributed by atoms with Crippen molar-refractivity contribution in [3.05, 3.63) is 23.2 Å². The molecule has 3 heterocycles. The van der Waals surface area contributed by atoms with Gasteiger partial charge >= 0.3 is 23.1 Å². The second-order valence-corrected chi connectivity index (χ2v) is 4.88.